The molecule has 1 unspecified atom stereocenters. The van der Waals surface area contributed by atoms with Crippen molar-refractivity contribution < 1.29 is 14.3 Å². The van der Waals surface area contributed by atoms with E-state index in [1.54, 1.807) is 4.57 Å². The highest BCUT2D eigenvalue weighted by Gasteiger charge is 2.36. The summed E-state index contributed by atoms with van der Waals surface area (Å²) in [5.41, 5.74) is 1.85. The lowest BCUT2D eigenvalue weighted by Crippen LogP contribution is -2.41. The van der Waals surface area contributed by atoms with Crippen molar-refractivity contribution in [3.8, 4) is 0 Å². The number of ether oxygens (including phenoxy) is 1. The maximum Gasteiger partial charge on any atom is 0.328 e. The molecule has 1 fully saturated rings. The normalized spacial score (nSPS) is 16.8. The van der Waals surface area contributed by atoms with E-state index in [1.165, 1.54) is 22.6 Å². The van der Waals surface area contributed by atoms with E-state index in [1.807, 2.05) is 24.3 Å². The topological polar surface area (TPSA) is 85.9 Å². The predicted octanol–water partition coefficient (Wildman–Crippen LogP) is 2.08. The predicted molar refractivity (Wildman–Crippen MR) is 108 cm³/mol. The fourth-order valence-corrected chi connectivity index (χ4v) is 4.03. The fourth-order valence-electron chi connectivity index (χ4n) is 4.03. The Morgan fingerprint density at radius 2 is 1.93 bits per heavy atom. The summed E-state index contributed by atoms with van der Waals surface area (Å²) in [6, 6.07) is 8.45. The van der Waals surface area contributed by atoms with Crippen molar-refractivity contribution in [3.63, 3.8) is 0 Å². The van der Waals surface area contributed by atoms with Gasteiger partial charge in [-0.15, -0.1) is 0 Å². The van der Waals surface area contributed by atoms with E-state index in [4.69, 9.17) is 4.74 Å². The van der Waals surface area contributed by atoms with E-state index in [0.29, 0.717) is 25.0 Å². The highest BCUT2D eigenvalue weighted by Crippen LogP contribution is 2.22. The number of rotatable bonds is 4. The zero-order valence-corrected chi connectivity index (χ0v) is 16.8. The Morgan fingerprint density at radius 3 is 2.62 bits per heavy atom. The summed E-state index contributed by atoms with van der Waals surface area (Å²) in [6.45, 7) is 5.14. The van der Waals surface area contributed by atoms with Crippen molar-refractivity contribution >= 4 is 28.4 Å². The number of amides is 1. The molecule has 1 atom stereocenters. The molecule has 4 rings (SSSR count). The minimum atomic E-state index is -0.605. The van der Waals surface area contributed by atoms with Crippen LogP contribution in [-0.4, -0.2) is 50.7 Å². The van der Waals surface area contributed by atoms with Crippen molar-refractivity contribution in [2.24, 2.45) is 5.92 Å². The van der Waals surface area contributed by atoms with Gasteiger partial charge in [-0.25, -0.2) is 9.31 Å². The third-order valence-electron chi connectivity index (χ3n) is 5.33. The van der Waals surface area contributed by atoms with E-state index in [2.05, 4.69) is 18.9 Å². The second-order valence-electron chi connectivity index (χ2n) is 7.80. The van der Waals surface area contributed by atoms with Gasteiger partial charge in [-0.2, -0.15) is 5.10 Å². The molecule has 29 heavy (non-hydrogen) atoms. The lowest BCUT2D eigenvalue weighted by Gasteiger charge is -2.21. The maximum atomic E-state index is 13.2. The maximum absolute atomic E-state index is 13.2. The van der Waals surface area contributed by atoms with E-state index >= 15 is 0 Å². The molecule has 3 aromatic rings. The van der Waals surface area contributed by atoms with Crippen molar-refractivity contribution in [3.05, 3.63) is 46.4 Å². The van der Waals surface area contributed by atoms with Crippen LogP contribution >= 0.6 is 0 Å². The first-order chi connectivity index (χ1) is 13.9. The number of carbonyl (C=O) groups excluding carboxylic acids is 2. The Bertz CT molecular complexity index is 1160. The number of hydrogen-bond donors (Lipinski definition) is 0. The van der Waals surface area contributed by atoms with Crippen LogP contribution in [0.1, 0.15) is 37.2 Å². The molecule has 0 bridgehead atoms. The van der Waals surface area contributed by atoms with Gasteiger partial charge >= 0.3 is 5.97 Å². The molecule has 8 nitrogen and oxygen atoms in total. The third-order valence-corrected chi connectivity index (χ3v) is 5.33. The molecule has 0 N–H and O–H groups in total. The second kappa shape index (κ2) is 7.35. The molecule has 1 saturated heterocycles. The number of likely N-dealkylation sites (tertiary alicyclic amines) is 1. The minimum Gasteiger partial charge on any atom is -0.467 e. The van der Waals surface area contributed by atoms with Crippen LogP contribution in [0, 0.1) is 5.92 Å². The first-order valence-corrected chi connectivity index (χ1v) is 9.82. The van der Waals surface area contributed by atoms with Gasteiger partial charge in [-0.05, 0) is 30.9 Å². The standard InChI is InChI=1S/C21H24N4O4/c1-13(2)12-24-15-7-4-5-8-16(15)25-18(20(24)27)11-14(22-25)19(26)23-10-6-9-17(23)21(28)29-3/h4-5,7-8,11,13,17H,6,9-10,12H2,1-3H3. The summed E-state index contributed by atoms with van der Waals surface area (Å²) < 4.78 is 8.09. The Morgan fingerprint density at radius 1 is 1.21 bits per heavy atom. The smallest absolute Gasteiger partial charge is 0.328 e. The van der Waals surface area contributed by atoms with E-state index in [0.717, 1.165) is 17.5 Å². The largest absolute Gasteiger partial charge is 0.467 e. The first-order valence-electron chi connectivity index (χ1n) is 9.82. The van der Waals surface area contributed by atoms with Crippen LogP contribution < -0.4 is 5.56 Å². The van der Waals surface area contributed by atoms with E-state index < -0.39 is 12.0 Å². The van der Waals surface area contributed by atoms with E-state index in [-0.39, 0.29) is 23.1 Å². The number of fused-ring (bicyclic) bond motifs is 3. The summed E-state index contributed by atoms with van der Waals surface area (Å²) in [5, 5.41) is 4.45. The minimum absolute atomic E-state index is 0.158. The average molecular weight is 396 g/mol. The van der Waals surface area contributed by atoms with Gasteiger partial charge in [0.2, 0.25) is 0 Å². The average Bonchev–Trinajstić information content (AvgIpc) is 3.37. The summed E-state index contributed by atoms with van der Waals surface area (Å²) in [7, 11) is 1.32. The molecule has 0 radical (unpaired) electrons. The molecule has 1 aliphatic heterocycles. The zero-order valence-electron chi connectivity index (χ0n) is 16.8. The van der Waals surface area contributed by atoms with Gasteiger partial charge in [0, 0.05) is 19.2 Å². The van der Waals surface area contributed by atoms with Gasteiger partial charge in [0.1, 0.15) is 11.6 Å². The molecular weight excluding hydrogens is 372 g/mol. The van der Waals surface area contributed by atoms with Gasteiger partial charge in [-0.3, -0.25) is 9.59 Å². The number of carbonyl (C=O) groups is 2. The van der Waals surface area contributed by atoms with Gasteiger partial charge in [0.25, 0.3) is 11.5 Å². The molecule has 1 aromatic carbocycles. The first kappa shape index (κ1) is 19.2. The number of nitrogens with zero attached hydrogens (tertiary/aromatic N) is 4. The SMILES string of the molecule is COC(=O)C1CCCN1C(=O)c1cc2c(=O)n(CC(C)C)c3ccccc3n2n1. The van der Waals surface area contributed by atoms with Crippen molar-refractivity contribution in [2.75, 3.05) is 13.7 Å². The Balaban J connectivity index is 1.85. The summed E-state index contributed by atoms with van der Waals surface area (Å²) >= 11 is 0. The fraction of sp³-hybridized carbons (Fsp3) is 0.429. The van der Waals surface area contributed by atoms with Crippen LogP contribution in [0.25, 0.3) is 16.6 Å². The second-order valence-corrected chi connectivity index (χ2v) is 7.80. The van der Waals surface area contributed by atoms with Crippen LogP contribution in [0.2, 0.25) is 0 Å². The third kappa shape index (κ3) is 3.18. The molecular formula is C21H24N4O4. The molecule has 1 aliphatic rings. The Labute approximate surface area is 167 Å². The van der Waals surface area contributed by atoms with Gasteiger partial charge < -0.3 is 14.2 Å². The number of aromatic nitrogens is 3. The number of methoxy groups -OCH3 is 1. The van der Waals surface area contributed by atoms with Gasteiger partial charge in [0.05, 0.1) is 18.1 Å². The highest BCUT2D eigenvalue weighted by atomic mass is 16.5. The number of benzene rings is 1. The van der Waals surface area contributed by atoms with Gasteiger partial charge in [0.15, 0.2) is 5.69 Å². The molecule has 2 aromatic heterocycles. The molecule has 152 valence electrons. The van der Waals surface area contributed by atoms with Crippen LogP contribution in [0.4, 0.5) is 0 Å². The lowest BCUT2D eigenvalue weighted by atomic mass is 10.2. The highest BCUT2D eigenvalue weighted by molar-refractivity contribution is 5.97. The molecule has 1 amide bonds. The van der Waals surface area contributed by atoms with Crippen LogP contribution in [0.5, 0.6) is 0 Å². The summed E-state index contributed by atoms with van der Waals surface area (Å²) in [6.07, 6.45) is 1.29. The molecule has 0 spiro atoms. The number of esters is 1. The zero-order chi connectivity index (χ0) is 20.7. The number of para-hydroxylation sites is 2. The van der Waals surface area contributed by atoms with Crippen LogP contribution in [-0.2, 0) is 16.1 Å². The monoisotopic (exact) mass is 396 g/mol. The van der Waals surface area contributed by atoms with E-state index in [9.17, 15) is 14.4 Å². The van der Waals surface area contributed by atoms with Crippen LogP contribution in [0.3, 0.4) is 0 Å². The summed E-state index contributed by atoms with van der Waals surface area (Å²) in [5.74, 6) is -0.502. The van der Waals surface area contributed by atoms with Crippen molar-refractivity contribution in [1.29, 1.82) is 0 Å². The van der Waals surface area contributed by atoms with Gasteiger partial charge in [-0.1, -0.05) is 26.0 Å². The Hall–Kier alpha value is -3.16. The molecule has 8 heteroatoms. The van der Waals surface area contributed by atoms with Crippen LogP contribution in [0.15, 0.2) is 35.1 Å². The Kier molecular flexibility index (Phi) is 4.86. The summed E-state index contributed by atoms with van der Waals surface area (Å²) in [4.78, 5) is 39.8. The van der Waals surface area contributed by atoms with Crippen molar-refractivity contribution in [2.45, 2.75) is 39.3 Å². The molecule has 3 heterocycles. The quantitative estimate of drug-likeness (QED) is 0.631. The lowest BCUT2D eigenvalue weighted by molar-refractivity contribution is -0.145. The molecule has 0 aliphatic carbocycles. The number of hydrogen-bond acceptors (Lipinski definition) is 5. The molecule has 0 saturated carbocycles. The van der Waals surface area contributed by atoms with Crippen molar-refractivity contribution in [1.82, 2.24) is 19.1 Å².